The first-order valence-electron chi connectivity index (χ1n) is 7.53. The molecule has 0 aliphatic carbocycles. The summed E-state index contributed by atoms with van der Waals surface area (Å²) in [4.78, 5) is 23.4. The molecule has 0 aliphatic heterocycles. The third-order valence-corrected chi connectivity index (χ3v) is 3.75. The number of alkyl carbamates (subject to hydrolysis) is 1. The van der Waals surface area contributed by atoms with Crippen LogP contribution in [0.3, 0.4) is 0 Å². The van der Waals surface area contributed by atoms with Gasteiger partial charge in [0.2, 0.25) is 0 Å². The van der Waals surface area contributed by atoms with Crippen LogP contribution in [0, 0.1) is 0 Å². The van der Waals surface area contributed by atoms with Gasteiger partial charge >= 0.3 is 12.1 Å². The zero-order chi connectivity index (χ0) is 18.1. The van der Waals surface area contributed by atoms with Crippen molar-refractivity contribution in [1.82, 2.24) is 9.88 Å². The number of aliphatic carboxylic acids is 1. The molecule has 2 N–H and O–H groups in total. The SMILES string of the molecule is Cn1cc(C[C@@H](NC(=O)OC(C)(C)C)C(=O)O)c2cccc(Cl)c21. The van der Waals surface area contributed by atoms with Gasteiger partial charge in [0.1, 0.15) is 11.6 Å². The molecule has 0 radical (unpaired) electrons. The molecule has 24 heavy (non-hydrogen) atoms. The summed E-state index contributed by atoms with van der Waals surface area (Å²) in [7, 11) is 1.84. The standard InChI is InChI=1S/C17H21ClN2O4/c1-17(2,3)24-16(23)19-13(15(21)22)8-10-9-20(4)14-11(10)6-5-7-12(14)18/h5-7,9,13H,8H2,1-4H3,(H,19,23)(H,21,22)/t13-/m1/s1. The molecule has 1 atom stereocenters. The lowest BCUT2D eigenvalue weighted by Crippen LogP contribution is -2.44. The van der Waals surface area contributed by atoms with Crippen molar-refractivity contribution in [3.63, 3.8) is 0 Å². The molecule has 0 saturated carbocycles. The molecular weight excluding hydrogens is 332 g/mol. The van der Waals surface area contributed by atoms with Crippen LogP contribution in [0.4, 0.5) is 4.79 Å². The van der Waals surface area contributed by atoms with E-state index in [1.807, 2.05) is 29.9 Å². The summed E-state index contributed by atoms with van der Waals surface area (Å²) < 4.78 is 6.97. The van der Waals surface area contributed by atoms with Gasteiger partial charge in [0.05, 0.1) is 10.5 Å². The van der Waals surface area contributed by atoms with Crippen molar-refractivity contribution in [2.75, 3.05) is 0 Å². The molecule has 2 aromatic rings. The molecule has 0 aliphatic rings. The Hall–Kier alpha value is -2.21. The predicted molar refractivity (Wildman–Crippen MR) is 92.4 cm³/mol. The van der Waals surface area contributed by atoms with Gasteiger partial charge in [-0.05, 0) is 32.4 Å². The van der Waals surface area contributed by atoms with Crippen LogP contribution >= 0.6 is 11.6 Å². The number of fused-ring (bicyclic) bond motifs is 1. The number of carbonyl (C=O) groups is 2. The van der Waals surface area contributed by atoms with Crippen molar-refractivity contribution in [2.24, 2.45) is 7.05 Å². The summed E-state index contributed by atoms with van der Waals surface area (Å²) in [6, 6.07) is 4.37. The first-order chi connectivity index (χ1) is 11.1. The minimum atomic E-state index is -1.13. The number of carboxylic acid groups (broad SMARTS) is 1. The molecule has 2 rings (SSSR count). The van der Waals surface area contributed by atoms with E-state index in [1.165, 1.54) is 0 Å². The van der Waals surface area contributed by atoms with Crippen LogP contribution in [0.2, 0.25) is 5.02 Å². The van der Waals surface area contributed by atoms with Gasteiger partial charge < -0.3 is 19.7 Å². The second-order valence-electron chi connectivity index (χ2n) is 6.64. The summed E-state index contributed by atoms with van der Waals surface area (Å²) in [6.45, 7) is 5.15. The van der Waals surface area contributed by atoms with E-state index in [0.717, 1.165) is 16.5 Å². The van der Waals surface area contributed by atoms with E-state index in [2.05, 4.69) is 5.32 Å². The van der Waals surface area contributed by atoms with Gasteiger partial charge in [-0.3, -0.25) is 0 Å². The molecule has 0 fully saturated rings. The number of nitrogens with zero attached hydrogens (tertiary/aromatic N) is 1. The maximum absolute atomic E-state index is 11.9. The quantitative estimate of drug-likeness (QED) is 0.884. The molecule has 0 spiro atoms. The van der Waals surface area contributed by atoms with Gasteiger partial charge in [-0.15, -0.1) is 0 Å². The Morgan fingerprint density at radius 1 is 1.38 bits per heavy atom. The van der Waals surface area contributed by atoms with E-state index in [-0.39, 0.29) is 6.42 Å². The molecule has 0 bridgehead atoms. The molecule has 130 valence electrons. The van der Waals surface area contributed by atoms with Crippen molar-refractivity contribution >= 4 is 34.6 Å². The maximum Gasteiger partial charge on any atom is 0.408 e. The fourth-order valence-electron chi connectivity index (χ4n) is 2.53. The van der Waals surface area contributed by atoms with E-state index in [9.17, 15) is 14.7 Å². The Labute approximate surface area is 145 Å². The molecule has 1 heterocycles. The zero-order valence-corrected chi connectivity index (χ0v) is 14.8. The number of hydrogen-bond donors (Lipinski definition) is 2. The third-order valence-electron chi connectivity index (χ3n) is 3.45. The number of carbonyl (C=O) groups excluding carboxylic acids is 1. The van der Waals surface area contributed by atoms with E-state index in [4.69, 9.17) is 16.3 Å². The van der Waals surface area contributed by atoms with Crippen molar-refractivity contribution < 1.29 is 19.4 Å². The highest BCUT2D eigenvalue weighted by Gasteiger charge is 2.25. The topological polar surface area (TPSA) is 80.6 Å². The van der Waals surface area contributed by atoms with Gasteiger partial charge in [0.15, 0.2) is 0 Å². The van der Waals surface area contributed by atoms with Crippen LogP contribution < -0.4 is 5.32 Å². The lowest BCUT2D eigenvalue weighted by atomic mass is 10.1. The van der Waals surface area contributed by atoms with Crippen LogP contribution in [-0.4, -0.2) is 33.4 Å². The Bertz CT molecular complexity index is 777. The largest absolute Gasteiger partial charge is 0.480 e. The Balaban J connectivity index is 2.25. The summed E-state index contributed by atoms with van der Waals surface area (Å²) in [5.74, 6) is -1.13. The number of rotatable bonds is 4. The number of aryl methyl sites for hydroxylation is 1. The molecule has 0 saturated heterocycles. The van der Waals surface area contributed by atoms with E-state index < -0.39 is 23.7 Å². The number of para-hydroxylation sites is 1. The summed E-state index contributed by atoms with van der Waals surface area (Å²) in [6.07, 6.45) is 1.20. The highest BCUT2D eigenvalue weighted by atomic mass is 35.5. The molecule has 1 aromatic heterocycles. The monoisotopic (exact) mass is 352 g/mol. The van der Waals surface area contributed by atoms with Crippen molar-refractivity contribution in [2.45, 2.75) is 38.8 Å². The maximum atomic E-state index is 11.9. The highest BCUT2D eigenvalue weighted by Crippen LogP contribution is 2.28. The highest BCUT2D eigenvalue weighted by molar-refractivity contribution is 6.35. The zero-order valence-electron chi connectivity index (χ0n) is 14.1. The van der Waals surface area contributed by atoms with Crippen LogP contribution in [0.5, 0.6) is 0 Å². The van der Waals surface area contributed by atoms with Crippen LogP contribution in [0.1, 0.15) is 26.3 Å². The molecule has 7 heteroatoms. The van der Waals surface area contributed by atoms with Crippen LogP contribution in [0.15, 0.2) is 24.4 Å². The van der Waals surface area contributed by atoms with Crippen LogP contribution in [0.25, 0.3) is 10.9 Å². The summed E-state index contributed by atoms with van der Waals surface area (Å²) >= 11 is 6.20. The number of aromatic nitrogens is 1. The van der Waals surface area contributed by atoms with Gasteiger partial charge in [0, 0.05) is 25.1 Å². The van der Waals surface area contributed by atoms with Gasteiger partial charge in [-0.1, -0.05) is 23.7 Å². The summed E-state index contributed by atoms with van der Waals surface area (Å²) in [5.41, 5.74) is 0.925. The predicted octanol–water partition coefficient (Wildman–Crippen LogP) is 3.35. The lowest BCUT2D eigenvalue weighted by molar-refractivity contribution is -0.139. The van der Waals surface area contributed by atoms with Crippen molar-refractivity contribution in [3.05, 3.63) is 35.0 Å². The first kappa shape index (κ1) is 18.1. The Morgan fingerprint density at radius 2 is 2.04 bits per heavy atom. The molecule has 1 amide bonds. The van der Waals surface area contributed by atoms with Gasteiger partial charge in [-0.25, -0.2) is 9.59 Å². The molecular formula is C17H21ClN2O4. The fourth-order valence-corrected chi connectivity index (χ4v) is 2.84. The first-order valence-corrected chi connectivity index (χ1v) is 7.91. The van der Waals surface area contributed by atoms with E-state index >= 15 is 0 Å². The number of hydrogen-bond acceptors (Lipinski definition) is 3. The number of benzene rings is 1. The smallest absolute Gasteiger partial charge is 0.408 e. The Morgan fingerprint density at radius 3 is 2.62 bits per heavy atom. The number of nitrogens with one attached hydrogen (secondary N) is 1. The van der Waals surface area contributed by atoms with E-state index in [0.29, 0.717) is 5.02 Å². The minimum Gasteiger partial charge on any atom is -0.480 e. The van der Waals surface area contributed by atoms with Gasteiger partial charge in [-0.2, -0.15) is 0 Å². The number of halogens is 1. The van der Waals surface area contributed by atoms with Crippen molar-refractivity contribution in [1.29, 1.82) is 0 Å². The van der Waals surface area contributed by atoms with Gasteiger partial charge in [0.25, 0.3) is 0 Å². The normalized spacial score (nSPS) is 12.9. The third kappa shape index (κ3) is 4.20. The fraction of sp³-hybridized carbons (Fsp3) is 0.412. The number of ether oxygens (including phenoxy) is 1. The van der Waals surface area contributed by atoms with Crippen LogP contribution in [-0.2, 0) is 23.0 Å². The average Bonchev–Trinajstić information content (AvgIpc) is 2.73. The molecule has 0 unspecified atom stereocenters. The average molecular weight is 353 g/mol. The molecule has 6 nitrogen and oxygen atoms in total. The number of amides is 1. The molecule has 1 aromatic carbocycles. The van der Waals surface area contributed by atoms with E-state index in [1.54, 1.807) is 26.8 Å². The second-order valence-corrected chi connectivity index (χ2v) is 7.05. The van der Waals surface area contributed by atoms with Crippen molar-refractivity contribution in [3.8, 4) is 0 Å². The second kappa shape index (κ2) is 6.73. The Kier molecular flexibility index (Phi) is 5.08. The minimum absolute atomic E-state index is 0.131. The number of carboxylic acids is 1. The lowest BCUT2D eigenvalue weighted by Gasteiger charge is -2.22. The summed E-state index contributed by atoms with van der Waals surface area (Å²) in [5, 5.41) is 13.3.